The summed E-state index contributed by atoms with van der Waals surface area (Å²) in [5.74, 6) is -0.0492. The van der Waals surface area contributed by atoms with Gasteiger partial charge in [-0.3, -0.25) is 4.79 Å². The van der Waals surface area contributed by atoms with E-state index in [9.17, 15) is 9.59 Å². The Bertz CT molecular complexity index is 658. The Morgan fingerprint density at radius 1 is 1.00 bits per heavy atom. The summed E-state index contributed by atoms with van der Waals surface area (Å²) in [6, 6.07) is 18.0. The number of ketones is 1. The van der Waals surface area contributed by atoms with E-state index in [-0.39, 0.29) is 31.5 Å². The lowest BCUT2D eigenvalue weighted by atomic mass is 10.0. The number of alkyl carbamates (subject to hydrolysis) is 1. The second-order valence-electron chi connectivity index (χ2n) is 5.76. The highest BCUT2D eigenvalue weighted by molar-refractivity contribution is 5.96. The number of benzene rings is 2. The second kappa shape index (κ2) is 10.3. The van der Waals surface area contributed by atoms with Gasteiger partial charge in [0.25, 0.3) is 0 Å². The third-order valence-corrected chi connectivity index (χ3v) is 3.77. The molecule has 0 radical (unpaired) electrons. The predicted octanol–water partition coefficient (Wildman–Crippen LogP) is 3.33. The van der Waals surface area contributed by atoms with Crippen LogP contribution < -0.4 is 5.32 Å². The fourth-order valence-corrected chi connectivity index (χ4v) is 2.46. The molecule has 2 rings (SSSR count). The zero-order chi connectivity index (χ0) is 17.9. The average Bonchev–Trinajstić information content (AvgIpc) is 2.66. The van der Waals surface area contributed by atoms with Crippen LogP contribution in [-0.2, 0) is 11.3 Å². The summed E-state index contributed by atoms with van der Waals surface area (Å²) >= 11 is 0. The van der Waals surface area contributed by atoms with E-state index in [0.717, 1.165) is 5.56 Å². The Balaban J connectivity index is 1.87. The van der Waals surface area contributed by atoms with Crippen molar-refractivity contribution in [1.29, 1.82) is 0 Å². The quantitative estimate of drug-likeness (QED) is 0.686. The van der Waals surface area contributed by atoms with E-state index in [1.54, 1.807) is 24.3 Å². The highest BCUT2D eigenvalue weighted by Gasteiger charge is 2.18. The Hall–Kier alpha value is -2.66. The summed E-state index contributed by atoms with van der Waals surface area (Å²) in [5.41, 5.74) is 1.50. The molecule has 132 valence electrons. The third kappa shape index (κ3) is 6.77. The minimum Gasteiger partial charge on any atom is -0.445 e. The molecule has 25 heavy (non-hydrogen) atoms. The maximum Gasteiger partial charge on any atom is 0.407 e. The molecule has 0 heterocycles. The lowest BCUT2D eigenvalue weighted by Gasteiger charge is -2.18. The number of hydrogen-bond acceptors (Lipinski definition) is 4. The van der Waals surface area contributed by atoms with Crippen LogP contribution in [0.4, 0.5) is 4.79 Å². The molecule has 2 aromatic rings. The van der Waals surface area contributed by atoms with E-state index in [4.69, 9.17) is 9.84 Å². The van der Waals surface area contributed by atoms with Crippen LogP contribution in [0.5, 0.6) is 0 Å². The van der Waals surface area contributed by atoms with Gasteiger partial charge in [0.1, 0.15) is 6.61 Å². The summed E-state index contributed by atoms with van der Waals surface area (Å²) in [4.78, 5) is 24.3. The van der Waals surface area contributed by atoms with Gasteiger partial charge in [0.2, 0.25) is 0 Å². The smallest absolute Gasteiger partial charge is 0.407 e. The minimum atomic E-state index is -0.562. The molecule has 1 unspecified atom stereocenters. The highest BCUT2D eigenvalue weighted by atomic mass is 16.5. The van der Waals surface area contributed by atoms with Crippen LogP contribution in [0.1, 0.15) is 35.2 Å². The number of carbonyl (C=O) groups excluding carboxylic acids is 2. The fraction of sp³-hybridized carbons (Fsp3) is 0.300. The van der Waals surface area contributed by atoms with Crippen LogP contribution in [0.3, 0.4) is 0 Å². The van der Waals surface area contributed by atoms with Gasteiger partial charge < -0.3 is 15.2 Å². The maximum atomic E-state index is 12.3. The number of aliphatic hydroxyl groups is 1. The summed E-state index contributed by atoms with van der Waals surface area (Å²) in [6.45, 7) is 0.183. The summed E-state index contributed by atoms with van der Waals surface area (Å²) in [5, 5.41) is 11.8. The van der Waals surface area contributed by atoms with Crippen molar-refractivity contribution >= 4 is 11.9 Å². The molecule has 0 spiro atoms. The molecule has 1 amide bonds. The summed E-state index contributed by atoms with van der Waals surface area (Å²) in [7, 11) is 0. The number of carbonyl (C=O) groups is 2. The first-order valence-corrected chi connectivity index (χ1v) is 8.35. The van der Waals surface area contributed by atoms with Crippen LogP contribution in [0, 0.1) is 0 Å². The van der Waals surface area contributed by atoms with E-state index >= 15 is 0 Å². The first-order valence-electron chi connectivity index (χ1n) is 8.35. The fourth-order valence-electron chi connectivity index (χ4n) is 2.46. The predicted molar refractivity (Wildman–Crippen MR) is 95.3 cm³/mol. The van der Waals surface area contributed by atoms with Crippen molar-refractivity contribution in [2.75, 3.05) is 6.61 Å². The zero-order valence-corrected chi connectivity index (χ0v) is 14.1. The molecule has 1 atom stereocenters. The number of amides is 1. The van der Waals surface area contributed by atoms with E-state index in [1.165, 1.54) is 0 Å². The van der Waals surface area contributed by atoms with Crippen LogP contribution in [0.15, 0.2) is 60.7 Å². The van der Waals surface area contributed by atoms with Gasteiger partial charge in [-0.15, -0.1) is 0 Å². The molecule has 2 aromatic carbocycles. The van der Waals surface area contributed by atoms with Crippen LogP contribution in [0.25, 0.3) is 0 Å². The van der Waals surface area contributed by atoms with Gasteiger partial charge in [-0.2, -0.15) is 0 Å². The lowest BCUT2D eigenvalue weighted by molar-refractivity contribution is 0.0958. The molecule has 0 bridgehead atoms. The molecule has 0 aliphatic rings. The van der Waals surface area contributed by atoms with Gasteiger partial charge in [-0.05, 0) is 18.4 Å². The maximum absolute atomic E-state index is 12.3. The summed E-state index contributed by atoms with van der Waals surface area (Å²) < 4.78 is 5.20. The first-order chi connectivity index (χ1) is 12.2. The standard InChI is InChI=1S/C20H23NO4/c22-13-7-12-18(14-19(23)17-10-5-2-6-11-17)21-20(24)25-15-16-8-3-1-4-9-16/h1-6,8-11,18,22H,7,12-15H2,(H,21,24). The van der Waals surface area contributed by atoms with Gasteiger partial charge in [0, 0.05) is 24.6 Å². The molecule has 2 N–H and O–H groups in total. The lowest BCUT2D eigenvalue weighted by Crippen LogP contribution is -2.37. The molecule has 0 aliphatic heterocycles. The number of nitrogens with one attached hydrogen (secondary N) is 1. The monoisotopic (exact) mass is 341 g/mol. The zero-order valence-electron chi connectivity index (χ0n) is 14.1. The second-order valence-corrected chi connectivity index (χ2v) is 5.76. The molecule has 0 saturated carbocycles. The third-order valence-electron chi connectivity index (χ3n) is 3.77. The number of rotatable bonds is 9. The van der Waals surface area contributed by atoms with Crippen LogP contribution >= 0.6 is 0 Å². The molecule has 0 aromatic heterocycles. The average molecular weight is 341 g/mol. The van der Waals surface area contributed by atoms with Crippen LogP contribution in [0.2, 0.25) is 0 Å². The van der Waals surface area contributed by atoms with E-state index in [2.05, 4.69) is 5.32 Å². The molecular weight excluding hydrogens is 318 g/mol. The largest absolute Gasteiger partial charge is 0.445 e. The van der Waals surface area contributed by atoms with E-state index in [0.29, 0.717) is 18.4 Å². The highest BCUT2D eigenvalue weighted by Crippen LogP contribution is 2.10. The number of hydrogen-bond donors (Lipinski definition) is 2. The molecule has 0 fully saturated rings. The van der Waals surface area contributed by atoms with Crippen LogP contribution in [-0.4, -0.2) is 29.6 Å². The number of Topliss-reactive ketones (excluding diaryl/α,β-unsaturated/α-hetero) is 1. The Morgan fingerprint density at radius 3 is 2.28 bits per heavy atom. The molecule has 0 aliphatic carbocycles. The van der Waals surface area contributed by atoms with Crippen molar-refractivity contribution in [3.05, 3.63) is 71.8 Å². The number of aliphatic hydroxyl groups excluding tert-OH is 1. The Kier molecular flexibility index (Phi) is 7.66. The van der Waals surface area contributed by atoms with Crippen molar-refractivity contribution in [3.8, 4) is 0 Å². The van der Waals surface area contributed by atoms with Gasteiger partial charge in [-0.1, -0.05) is 60.7 Å². The van der Waals surface area contributed by atoms with Crippen molar-refractivity contribution in [3.63, 3.8) is 0 Å². The normalized spacial score (nSPS) is 11.6. The Morgan fingerprint density at radius 2 is 1.64 bits per heavy atom. The molecule has 0 saturated heterocycles. The van der Waals surface area contributed by atoms with Gasteiger partial charge in [0.15, 0.2) is 5.78 Å². The van der Waals surface area contributed by atoms with Crippen molar-refractivity contribution in [2.45, 2.75) is 31.9 Å². The molecule has 5 nitrogen and oxygen atoms in total. The topological polar surface area (TPSA) is 75.6 Å². The molecule has 5 heteroatoms. The van der Waals surface area contributed by atoms with E-state index < -0.39 is 6.09 Å². The molecular formula is C20H23NO4. The van der Waals surface area contributed by atoms with E-state index in [1.807, 2.05) is 36.4 Å². The summed E-state index contributed by atoms with van der Waals surface area (Å²) in [6.07, 6.45) is 0.624. The SMILES string of the molecule is O=C(NC(CCCO)CC(=O)c1ccccc1)OCc1ccccc1. The van der Waals surface area contributed by atoms with Gasteiger partial charge >= 0.3 is 6.09 Å². The Labute approximate surface area is 147 Å². The first kappa shape index (κ1) is 18.7. The van der Waals surface area contributed by atoms with Crippen molar-refractivity contribution in [1.82, 2.24) is 5.32 Å². The van der Waals surface area contributed by atoms with Gasteiger partial charge in [-0.25, -0.2) is 4.79 Å². The van der Waals surface area contributed by atoms with Crippen molar-refractivity contribution < 1.29 is 19.4 Å². The van der Waals surface area contributed by atoms with Crippen molar-refractivity contribution in [2.24, 2.45) is 0 Å². The number of ether oxygens (including phenoxy) is 1. The van der Waals surface area contributed by atoms with Gasteiger partial charge in [0.05, 0.1) is 0 Å². The minimum absolute atomic E-state index is 0.0107.